The van der Waals surface area contributed by atoms with E-state index in [0.29, 0.717) is 6.61 Å². The van der Waals surface area contributed by atoms with Gasteiger partial charge in [-0.25, -0.2) is 0 Å². The molecule has 0 aromatic heterocycles. The molecule has 0 saturated heterocycles. The Morgan fingerprint density at radius 2 is 1.96 bits per heavy atom. The van der Waals surface area contributed by atoms with Crippen LogP contribution in [0.1, 0.15) is 43.2 Å². The van der Waals surface area contributed by atoms with Gasteiger partial charge in [0.1, 0.15) is 0 Å². The van der Waals surface area contributed by atoms with Crippen LogP contribution in [0.3, 0.4) is 0 Å². The van der Waals surface area contributed by atoms with Crippen molar-refractivity contribution >= 4 is 0 Å². The minimum Gasteiger partial charge on any atom is -0.385 e. The first-order valence-electron chi connectivity index (χ1n) is 8.14. The van der Waals surface area contributed by atoms with Crippen molar-refractivity contribution in [3.8, 4) is 0 Å². The van der Waals surface area contributed by atoms with Gasteiger partial charge in [-0.15, -0.1) is 0 Å². The Kier molecular flexibility index (Phi) is 5.74. The summed E-state index contributed by atoms with van der Waals surface area (Å²) in [5, 5.41) is 0. The predicted molar refractivity (Wildman–Crippen MR) is 85.6 cm³/mol. The number of methoxy groups -OCH3 is 1. The van der Waals surface area contributed by atoms with Crippen LogP contribution in [0.4, 0.5) is 13.2 Å². The number of likely N-dealkylation sites (N-methyl/N-ethyl adjacent to an activating group) is 1. The third-order valence-corrected chi connectivity index (χ3v) is 5.10. The molecule has 1 fully saturated rings. The summed E-state index contributed by atoms with van der Waals surface area (Å²) in [4.78, 5) is 2.16. The maximum atomic E-state index is 13.1. The molecule has 1 saturated carbocycles. The zero-order valence-corrected chi connectivity index (χ0v) is 14.1. The summed E-state index contributed by atoms with van der Waals surface area (Å²) in [6, 6.07) is 6.15. The molecule has 1 aromatic carbocycles. The third-order valence-electron chi connectivity index (χ3n) is 5.10. The van der Waals surface area contributed by atoms with Crippen LogP contribution in [0.25, 0.3) is 0 Å². The standard InChI is InChI=1S/C18H26F3NO/c1-22(2)16(9-5-12-23-3)17(10-6-11-17)14-7-4-8-15(13-14)18(19,20)21/h4,7-8,13,16H,5-6,9-12H2,1-3H3. The maximum absolute atomic E-state index is 13.1. The lowest BCUT2D eigenvalue weighted by molar-refractivity contribution is -0.137. The van der Waals surface area contributed by atoms with Crippen LogP contribution >= 0.6 is 0 Å². The molecule has 23 heavy (non-hydrogen) atoms. The van der Waals surface area contributed by atoms with E-state index in [0.717, 1.165) is 43.7 Å². The monoisotopic (exact) mass is 329 g/mol. The largest absolute Gasteiger partial charge is 0.416 e. The Morgan fingerprint density at radius 3 is 2.43 bits per heavy atom. The normalized spacial score (nSPS) is 18.7. The fraction of sp³-hybridized carbons (Fsp3) is 0.667. The molecule has 0 aliphatic heterocycles. The lowest BCUT2D eigenvalue weighted by atomic mass is 9.59. The molecule has 2 nitrogen and oxygen atoms in total. The highest BCUT2D eigenvalue weighted by molar-refractivity contribution is 5.35. The average molecular weight is 329 g/mol. The molecular weight excluding hydrogens is 303 g/mol. The van der Waals surface area contributed by atoms with Gasteiger partial charge in [0.2, 0.25) is 0 Å². The van der Waals surface area contributed by atoms with Crippen LogP contribution in [-0.2, 0) is 16.3 Å². The van der Waals surface area contributed by atoms with E-state index >= 15 is 0 Å². The van der Waals surface area contributed by atoms with E-state index in [1.807, 2.05) is 20.2 Å². The lowest BCUT2D eigenvalue weighted by Gasteiger charge is -2.51. The van der Waals surface area contributed by atoms with Gasteiger partial charge in [0.05, 0.1) is 5.56 Å². The van der Waals surface area contributed by atoms with Crippen LogP contribution in [0.5, 0.6) is 0 Å². The van der Waals surface area contributed by atoms with Gasteiger partial charge in [0.15, 0.2) is 0 Å². The van der Waals surface area contributed by atoms with Crippen molar-refractivity contribution in [3.05, 3.63) is 35.4 Å². The van der Waals surface area contributed by atoms with E-state index in [-0.39, 0.29) is 11.5 Å². The molecule has 0 amide bonds. The van der Waals surface area contributed by atoms with E-state index in [1.165, 1.54) is 6.07 Å². The fourth-order valence-corrected chi connectivity index (χ4v) is 3.83. The van der Waals surface area contributed by atoms with Gasteiger partial charge in [-0.3, -0.25) is 0 Å². The van der Waals surface area contributed by atoms with Crippen molar-refractivity contribution in [2.75, 3.05) is 27.8 Å². The number of hydrogen-bond acceptors (Lipinski definition) is 2. The highest BCUT2D eigenvalue weighted by Gasteiger charge is 2.46. The van der Waals surface area contributed by atoms with Gasteiger partial charge in [0.25, 0.3) is 0 Å². The van der Waals surface area contributed by atoms with Crippen molar-refractivity contribution in [1.82, 2.24) is 4.90 Å². The summed E-state index contributed by atoms with van der Waals surface area (Å²) in [7, 11) is 5.72. The molecular formula is C18H26F3NO. The van der Waals surface area contributed by atoms with Crippen molar-refractivity contribution in [1.29, 1.82) is 0 Å². The van der Waals surface area contributed by atoms with Crippen molar-refractivity contribution in [3.63, 3.8) is 0 Å². The molecule has 1 atom stereocenters. The number of nitrogens with zero attached hydrogens (tertiary/aromatic N) is 1. The first-order valence-corrected chi connectivity index (χ1v) is 8.14. The first-order chi connectivity index (χ1) is 10.8. The van der Waals surface area contributed by atoms with Gasteiger partial charge in [-0.2, -0.15) is 13.2 Å². The van der Waals surface area contributed by atoms with Crippen molar-refractivity contribution in [2.45, 2.75) is 49.7 Å². The molecule has 0 bridgehead atoms. The van der Waals surface area contributed by atoms with Crippen LogP contribution in [0.15, 0.2) is 24.3 Å². The van der Waals surface area contributed by atoms with Gasteiger partial charge in [0, 0.05) is 25.2 Å². The van der Waals surface area contributed by atoms with E-state index in [4.69, 9.17) is 4.74 Å². The molecule has 2 rings (SSSR count). The molecule has 1 aromatic rings. The zero-order chi connectivity index (χ0) is 17.1. The van der Waals surface area contributed by atoms with E-state index in [2.05, 4.69) is 4.90 Å². The minimum atomic E-state index is -4.29. The SMILES string of the molecule is COCCCC(N(C)C)C1(c2cccc(C(F)(F)F)c2)CCC1. The summed E-state index contributed by atoms with van der Waals surface area (Å²) in [6.07, 6.45) is 0.529. The highest BCUT2D eigenvalue weighted by Crippen LogP contribution is 2.49. The number of ether oxygens (including phenoxy) is 1. The molecule has 1 aliphatic carbocycles. The second kappa shape index (κ2) is 7.22. The van der Waals surface area contributed by atoms with Gasteiger partial charge in [-0.05, 0) is 51.4 Å². The van der Waals surface area contributed by atoms with Gasteiger partial charge in [-0.1, -0.05) is 24.6 Å². The Balaban J connectivity index is 2.31. The molecule has 130 valence electrons. The lowest BCUT2D eigenvalue weighted by Crippen LogP contribution is -2.52. The third kappa shape index (κ3) is 3.89. The summed E-state index contributed by atoms with van der Waals surface area (Å²) < 4.78 is 44.3. The van der Waals surface area contributed by atoms with E-state index in [9.17, 15) is 13.2 Å². The number of rotatable bonds is 7. The van der Waals surface area contributed by atoms with Crippen molar-refractivity contribution < 1.29 is 17.9 Å². The summed E-state index contributed by atoms with van der Waals surface area (Å²) >= 11 is 0. The summed E-state index contributed by atoms with van der Waals surface area (Å²) in [6.45, 7) is 0.684. The van der Waals surface area contributed by atoms with Crippen LogP contribution < -0.4 is 0 Å². The van der Waals surface area contributed by atoms with Crippen LogP contribution in [0.2, 0.25) is 0 Å². The molecule has 1 unspecified atom stereocenters. The highest BCUT2D eigenvalue weighted by atomic mass is 19.4. The molecule has 0 N–H and O–H groups in total. The summed E-state index contributed by atoms with van der Waals surface area (Å²) in [5.41, 5.74) is 0.115. The Morgan fingerprint density at radius 1 is 1.26 bits per heavy atom. The Hall–Kier alpha value is -1.07. The average Bonchev–Trinajstić information content (AvgIpc) is 2.44. The molecule has 5 heteroatoms. The zero-order valence-electron chi connectivity index (χ0n) is 14.1. The minimum absolute atomic E-state index is 0.168. The van der Waals surface area contributed by atoms with Gasteiger partial charge >= 0.3 is 6.18 Å². The number of halogens is 3. The maximum Gasteiger partial charge on any atom is 0.416 e. The second-order valence-corrected chi connectivity index (χ2v) is 6.70. The molecule has 1 aliphatic rings. The number of benzene rings is 1. The quantitative estimate of drug-likeness (QED) is 0.684. The summed E-state index contributed by atoms with van der Waals surface area (Å²) in [5.74, 6) is 0. The fourth-order valence-electron chi connectivity index (χ4n) is 3.83. The van der Waals surface area contributed by atoms with Crippen molar-refractivity contribution in [2.24, 2.45) is 0 Å². The second-order valence-electron chi connectivity index (χ2n) is 6.70. The molecule has 0 radical (unpaired) electrons. The number of hydrogen-bond donors (Lipinski definition) is 0. The first kappa shape index (κ1) is 18.3. The Labute approximate surface area is 136 Å². The smallest absolute Gasteiger partial charge is 0.385 e. The van der Waals surface area contributed by atoms with Crippen LogP contribution in [0, 0.1) is 0 Å². The van der Waals surface area contributed by atoms with E-state index in [1.54, 1.807) is 13.2 Å². The number of alkyl halides is 3. The molecule has 0 heterocycles. The van der Waals surface area contributed by atoms with Crippen LogP contribution in [-0.4, -0.2) is 38.8 Å². The van der Waals surface area contributed by atoms with Gasteiger partial charge < -0.3 is 9.64 Å². The van der Waals surface area contributed by atoms with E-state index < -0.39 is 11.7 Å². The Bertz CT molecular complexity index is 509. The predicted octanol–water partition coefficient (Wildman–Crippen LogP) is 4.48. The molecule has 0 spiro atoms. The topological polar surface area (TPSA) is 12.5 Å².